The molecule has 26 heavy (non-hydrogen) atoms. The van der Waals surface area contributed by atoms with Gasteiger partial charge in [-0.05, 0) is 36.4 Å². The Bertz CT molecular complexity index is 848. The molecule has 2 rings (SSSR count). The van der Waals surface area contributed by atoms with Crippen LogP contribution >= 0.6 is 0 Å². The van der Waals surface area contributed by atoms with E-state index in [4.69, 9.17) is 9.47 Å². The van der Waals surface area contributed by atoms with Crippen molar-refractivity contribution in [1.29, 1.82) is 0 Å². The van der Waals surface area contributed by atoms with Gasteiger partial charge in [-0.2, -0.15) is 0 Å². The van der Waals surface area contributed by atoms with E-state index in [2.05, 4.69) is 5.32 Å². The van der Waals surface area contributed by atoms with Crippen molar-refractivity contribution in [2.24, 2.45) is 0 Å². The predicted octanol–water partition coefficient (Wildman–Crippen LogP) is 1.75. The molecule has 8 heteroatoms. The topological polar surface area (TPSA) is 84.9 Å². The molecule has 0 unspecified atom stereocenters. The first-order chi connectivity index (χ1) is 12.4. The van der Waals surface area contributed by atoms with Crippen LogP contribution in [0, 0.1) is 0 Å². The van der Waals surface area contributed by atoms with E-state index < -0.39 is 10.0 Å². The molecule has 1 N–H and O–H groups in total. The van der Waals surface area contributed by atoms with Gasteiger partial charge in [-0.15, -0.1) is 0 Å². The summed E-state index contributed by atoms with van der Waals surface area (Å²) in [5, 5.41) is 2.75. The van der Waals surface area contributed by atoms with Crippen LogP contribution in [0.4, 0.5) is 0 Å². The first-order valence-corrected chi connectivity index (χ1v) is 9.37. The Balaban J connectivity index is 1.86. The lowest BCUT2D eigenvalue weighted by molar-refractivity contribution is 0.0944. The van der Waals surface area contributed by atoms with Gasteiger partial charge in [-0.25, -0.2) is 12.7 Å². The van der Waals surface area contributed by atoms with Crippen molar-refractivity contribution in [2.75, 3.05) is 34.4 Å². The van der Waals surface area contributed by atoms with Crippen LogP contribution in [0.1, 0.15) is 10.4 Å². The molecule has 0 atom stereocenters. The van der Waals surface area contributed by atoms with E-state index in [1.165, 1.54) is 33.3 Å². The third kappa shape index (κ3) is 4.74. The van der Waals surface area contributed by atoms with Crippen molar-refractivity contribution in [3.63, 3.8) is 0 Å². The Kier molecular flexibility index (Phi) is 6.59. The molecule has 0 fully saturated rings. The number of carbonyl (C=O) groups excluding carboxylic acids is 1. The number of amides is 1. The molecule has 0 bridgehead atoms. The highest BCUT2D eigenvalue weighted by atomic mass is 32.2. The van der Waals surface area contributed by atoms with E-state index in [-0.39, 0.29) is 17.4 Å². The minimum absolute atomic E-state index is 0.194. The molecule has 0 aliphatic heterocycles. The first kappa shape index (κ1) is 19.7. The maximum atomic E-state index is 12.1. The van der Waals surface area contributed by atoms with Crippen molar-refractivity contribution in [3.8, 4) is 11.5 Å². The SMILES string of the molecule is COc1ccccc1C(=O)NCCOc1ccc(S(=O)(=O)N(C)C)cc1. The minimum atomic E-state index is -3.46. The van der Waals surface area contributed by atoms with Crippen LogP contribution in [-0.4, -0.2) is 53.0 Å². The molecule has 0 radical (unpaired) electrons. The molecule has 0 aliphatic rings. The zero-order valence-electron chi connectivity index (χ0n) is 14.9. The number of sulfonamides is 1. The molecule has 1 amide bonds. The van der Waals surface area contributed by atoms with Crippen molar-refractivity contribution >= 4 is 15.9 Å². The summed E-state index contributed by atoms with van der Waals surface area (Å²) >= 11 is 0. The zero-order chi connectivity index (χ0) is 19.2. The fourth-order valence-corrected chi connectivity index (χ4v) is 3.08. The number of nitrogens with zero attached hydrogens (tertiary/aromatic N) is 1. The predicted molar refractivity (Wildman–Crippen MR) is 98.1 cm³/mol. The number of carbonyl (C=O) groups is 1. The number of para-hydroxylation sites is 1. The fourth-order valence-electron chi connectivity index (χ4n) is 2.18. The van der Waals surface area contributed by atoms with Gasteiger partial charge in [-0.3, -0.25) is 4.79 Å². The summed E-state index contributed by atoms with van der Waals surface area (Å²) in [7, 11) is 1.00. The third-order valence-corrected chi connectivity index (χ3v) is 5.44. The Morgan fingerprint density at radius 2 is 1.73 bits per heavy atom. The summed E-state index contributed by atoms with van der Waals surface area (Å²) in [6.07, 6.45) is 0. The van der Waals surface area contributed by atoms with E-state index in [0.29, 0.717) is 23.6 Å². The molecule has 0 aromatic heterocycles. The van der Waals surface area contributed by atoms with Crippen molar-refractivity contribution in [2.45, 2.75) is 4.90 Å². The molecule has 0 saturated heterocycles. The number of benzene rings is 2. The number of ether oxygens (including phenoxy) is 2. The van der Waals surface area contributed by atoms with E-state index in [1.54, 1.807) is 36.4 Å². The van der Waals surface area contributed by atoms with Crippen LogP contribution in [0.15, 0.2) is 53.4 Å². The van der Waals surface area contributed by atoms with E-state index in [0.717, 1.165) is 4.31 Å². The molecule has 0 spiro atoms. The highest BCUT2D eigenvalue weighted by molar-refractivity contribution is 7.89. The van der Waals surface area contributed by atoms with E-state index in [9.17, 15) is 13.2 Å². The summed E-state index contributed by atoms with van der Waals surface area (Å²) in [5.41, 5.74) is 0.452. The van der Waals surface area contributed by atoms with Gasteiger partial charge in [0.15, 0.2) is 0 Å². The standard InChI is InChI=1S/C18H22N2O5S/c1-20(2)26(22,23)15-10-8-14(9-11-15)25-13-12-19-18(21)16-6-4-5-7-17(16)24-3/h4-11H,12-13H2,1-3H3,(H,19,21). The molecule has 7 nitrogen and oxygen atoms in total. The van der Waals surface area contributed by atoms with Gasteiger partial charge < -0.3 is 14.8 Å². The molecular formula is C18H22N2O5S. The lowest BCUT2D eigenvalue weighted by Gasteiger charge is -2.12. The lowest BCUT2D eigenvalue weighted by atomic mass is 10.2. The summed E-state index contributed by atoms with van der Waals surface area (Å²) < 4.78 is 35.8. The van der Waals surface area contributed by atoms with Crippen LogP contribution in [-0.2, 0) is 10.0 Å². The Morgan fingerprint density at radius 1 is 1.08 bits per heavy atom. The maximum Gasteiger partial charge on any atom is 0.255 e. The molecule has 2 aromatic carbocycles. The first-order valence-electron chi connectivity index (χ1n) is 7.93. The molecule has 0 aliphatic carbocycles. The number of hydrogen-bond donors (Lipinski definition) is 1. The average Bonchev–Trinajstić information content (AvgIpc) is 2.65. The Hall–Kier alpha value is -2.58. The molecule has 140 valence electrons. The van der Waals surface area contributed by atoms with Crippen molar-refractivity contribution in [3.05, 3.63) is 54.1 Å². The van der Waals surface area contributed by atoms with E-state index in [1.807, 2.05) is 0 Å². The largest absolute Gasteiger partial charge is 0.496 e. The zero-order valence-corrected chi connectivity index (χ0v) is 15.7. The number of rotatable bonds is 8. The number of nitrogens with one attached hydrogen (secondary N) is 1. The van der Waals surface area contributed by atoms with Crippen LogP contribution in [0.25, 0.3) is 0 Å². The van der Waals surface area contributed by atoms with Gasteiger partial charge in [0.1, 0.15) is 18.1 Å². The van der Waals surface area contributed by atoms with Crippen LogP contribution < -0.4 is 14.8 Å². The normalized spacial score (nSPS) is 11.2. The number of methoxy groups -OCH3 is 1. The maximum absolute atomic E-state index is 12.1. The fraction of sp³-hybridized carbons (Fsp3) is 0.278. The quantitative estimate of drug-likeness (QED) is 0.708. The third-order valence-electron chi connectivity index (χ3n) is 3.61. The second kappa shape index (κ2) is 8.68. The second-order valence-electron chi connectivity index (χ2n) is 5.56. The summed E-state index contributed by atoms with van der Waals surface area (Å²) in [6.45, 7) is 0.551. The molecule has 2 aromatic rings. The monoisotopic (exact) mass is 378 g/mol. The van der Waals surface area contributed by atoms with E-state index >= 15 is 0 Å². The second-order valence-corrected chi connectivity index (χ2v) is 7.72. The molecular weight excluding hydrogens is 356 g/mol. The van der Waals surface area contributed by atoms with Gasteiger partial charge in [0.2, 0.25) is 10.0 Å². The van der Waals surface area contributed by atoms with Gasteiger partial charge >= 0.3 is 0 Å². The summed E-state index contributed by atoms with van der Waals surface area (Å²) in [4.78, 5) is 12.3. The summed E-state index contributed by atoms with van der Waals surface area (Å²) in [6, 6.07) is 13.1. The van der Waals surface area contributed by atoms with Crippen LogP contribution in [0.3, 0.4) is 0 Å². The number of hydrogen-bond acceptors (Lipinski definition) is 5. The Morgan fingerprint density at radius 3 is 2.35 bits per heavy atom. The highest BCUT2D eigenvalue weighted by Gasteiger charge is 2.16. The smallest absolute Gasteiger partial charge is 0.255 e. The average molecular weight is 378 g/mol. The van der Waals surface area contributed by atoms with Gasteiger partial charge in [0, 0.05) is 14.1 Å². The lowest BCUT2D eigenvalue weighted by Crippen LogP contribution is -2.28. The van der Waals surface area contributed by atoms with Crippen LogP contribution in [0.2, 0.25) is 0 Å². The van der Waals surface area contributed by atoms with Gasteiger partial charge in [0.25, 0.3) is 5.91 Å². The minimum Gasteiger partial charge on any atom is -0.496 e. The summed E-state index contributed by atoms with van der Waals surface area (Å²) in [5.74, 6) is 0.774. The highest BCUT2D eigenvalue weighted by Crippen LogP contribution is 2.18. The van der Waals surface area contributed by atoms with Gasteiger partial charge in [-0.1, -0.05) is 12.1 Å². The van der Waals surface area contributed by atoms with Crippen LogP contribution in [0.5, 0.6) is 11.5 Å². The van der Waals surface area contributed by atoms with Gasteiger partial charge in [0.05, 0.1) is 24.1 Å². The molecule has 0 heterocycles. The van der Waals surface area contributed by atoms with Crippen molar-refractivity contribution in [1.82, 2.24) is 9.62 Å². The Labute approximate surface area is 153 Å². The van der Waals surface area contributed by atoms with Crippen molar-refractivity contribution < 1.29 is 22.7 Å². The molecule has 0 saturated carbocycles.